The molecule has 5 heteroatoms. The van der Waals surface area contributed by atoms with Crippen LogP contribution >= 0.6 is 0 Å². The van der Waals surface area contributed by atoms with Crippen LogP contribution in [0.5, 0.6) is 0 Å². The predicted octanol–water partition coefficient (Wildman–Crippen LogP) is 1.80. The molecule has 2 aliphatic heterocycles. The van der Waals surface area contributed by atoms with Gasteiger partial charge in [0.2, 0.25) is 5.91 Å². The minimum Gasteiger partial charge on any atom is -0.465 e. The minimum atomic E-state index is -0.168. The first kappa shape index (κ1) is 14.6. The maximum absolute atomic E-state index is 11.7. The standard InChI is InChI=1S/C16H24N2O3/c1-12-4-5-14(21-12)10-18-8-6-16(7-9-18)13(2)17(3)15(19)11-20-16/h4-5,13H,6-11H2,1-3H3. The molecule has 2 saturated heterocycles. The van der Waals surface area contributed by atoms with Crippen molar-refractivity contribution < 1.29 is 13.9 Å². The molecule has 0 aromatic carbocycles. The summed E-state index contributed by atoms with van der Waals surface area (Å²) in [6, 6.07) is 4.20. The lowest BCUT2D eigenvalue weighted by Gasteiger charge is -2.50. The van der Waals surface area contributed by atoms with Gasteiger partial charge in [0.05, 0.1) is 18.2 Å². The minimum absolute atomic E-state index is 0.0848. The summed E-state index contributed by atoms with van der Waals surface area (Å²) in [5.41, 5.74) is -0.168. The van der Waals surface area contributed by atoms with Gasteiger partial charge in [0.1, 0.15) is 18.1 Å². The maximum Gasteiger partial charge on any atom is 0.248 e. The molecule has 3 heterocycles. The highest BCUT2D eigenvalue weighted by Crippen LogP contribution is 2.35. The van der Waals surface area contributed by atoms with E-state index in [9.17, 15) is 4.79 Å². The smallest absolute Gasteiger partial charge is 0.248 e. The zero-order chi connectivity index (χ0) is 15.0. The summed E-state index contributed by atoms with van der Waals surface area (Å²) in [6.07, 6.45) is 1.93. The summed E-state index contributed by atoms with van der Waals surface area (Å²) in [6.45, 7) is 7.10. The average Bonchev–Trinajstić information content (AvgIpc) is 2.89. The molecule has 1 spiro atoms. The fourth-order valence-corrected chi connectivity index (χ4v) is 3.44. The van der Waals surface area contributed by atoms with Crippen molar-refractivity contribution in [1.29, 1.82) is 0 Å². The van der Waals surface area contributed by atoms with Gasteiger partial charge in [0, 0.05) is 20.1 Å². The summed E-state index contributed by atoms with van der Waals surface area (Å²) < 4.78 is 11.6. The second kappa shape index (κ2) is 5.46. The van der Waals surface area contributed by atoms with E-state index in [1.54, 1.807) is 0 Å². The van der Waals surface area contributed by atoms with Gasteiger partial charge in [-0.2, -0.15) is 0 Å². The number of carbonyl (C=O) groups is 1. The molecule has 2 aliphatic rings. The Hall–Kier alpha value is -1.33. The number of nitrogens with zero attached hydrogens (tertiary/aromatic N) is 2. The van der Waals surface area contributed by atoms with E-state index in [1.807, 2.05) is 31.0 Å². The van der Waals surface area contributed by atoms with E-state index in [0.29, 0.717) is 0 Å². The highest BCUT2D eigenvalue weighted by Gasteiger charge is 2.46. The maximum atomic E-state index is 11.7. The molecular formula is C16H24N2O3. The predicted molar refractivity (Wildman–Crippen MR) is 78.9 cm³/mol. The van der Waals surface area contributed by atoms with Crippen molar-refractivity contribution >= 4 is 5.91 Å². The Labute approximate surface area is 125 Å². The van der Waals surface area contributed by atoms with E-state index in [4.69, 9.17) is 9.15 Å². The first-order chi connectivity index (χ1) is 10.00. The number of rotatable bonds is 2. The van der Waals surface area contributed by atoms with Gasteiger partial charge in [0.15, 0.2) is 0 Å². The van der Waals surface area contributed by atoms with Crippen molar-refractivity contribution in [2.75, 3.05) is 26.7 Å². The number of morpholine rings is 1. The number of amides is 1. The third kappa shape index (κ3) is 2.72. The van der Waals surface area contributed by atoms with E-state index in [2.05, 4.69) is 11.8 Å². The van der Waals surface area contributed by atoms with E-state index in [0.717, 1.165) is 44.0 Å². The Morgan fingerprint density at radius 3 is 2.67 bits per heavy atom. The summed E-state index contributed by atoms with van der Waals surface area (Å²) in [7, 11) is 1.88. The highest BCUT2D eigenvalue weighted by atomic mass is 16.5. The summed E-state index contributed by atoms with van der Waals surface area (Å²) in [5.74, 6) is 2.07. The number of hydrogen-bond donors (Lipinski definition) is 0. The fourth-order valence-electron chi connectivity index (χ4n) is 3.44. The fraction of sp³-hybridized carbons (Fsp3) is 0.688. The lowest BCUT2D eigenvalue weighted by atomic mass is 9.83. The van der Waals surface area contributed by atoms with Crippen molar-refractivity contribution in [3.05, 3.63) is 23.7 Å². The topological polar surface area (TPSA) is 45.9 Å². The van der Waals surface area contributed by atoms with Crippen molar-refractivity contribution in [3.8, 4) is 0 Å². The number of likely N-dealkylation sites (N-methyl/N-ethyl adjacent to an activating group) is 1. The quantitative estimate of drug-likeness (QED) is 0.834. The number of likely N-dealkylation sites (tertiary alicyclic amines) is 1. The molecule has 1 aromatic heterocycles. The molecule has 1 aromatic rings. The molecule has 0 aliphatic carbocycles. The molecule has 2 fully saturated rings. The molecule has 5 nitrogen and oxygen atoms in total. The van der Waals surface area contributed by atoms with Gasteiger partial charge in [0.25, 0.3) is 0 Å². The SMILES string of the molecule is Cc1ccc(CN2CCC3(CC2)OCC(=O)N(C)C3C)o1. The Balaban J connectivity index is 1.60. The number of carbonyl (C=O) groups excluding carboxylic acids is 1. The van der Waals surface area contributed by atoms with Crippen LogP contribution in [0.15, 0.2) is 16.5 Å². The van der Waals surface area contributed by atoms with E-state index in [1.165, 1.54) is 0 Å². The molecule has 1 atom stereocenters. The first-order valence-corrected chi connectivity index (χ1v) is 7.67. The van der Waals surface area contributed by atoms with Gasteiger partial charge in [-0.25, -0.2) is 0 Å². The van der Waals surface area contributed by atoms with Crippen molar-refractivity contribution in [2.45, 2.75) is 44.9 Å². The van der Waals surface area contributed by atoms with Crippen LogP contribution in [0.2, 0.25) is 0 Å². The van der Waals surface area contributed by atoms with Crippen molar-refractivity contribution in [2.24, 2.45) is 0 Å². The summed E-state index contributed by atoms with van der Waals surface area (Å²) in [5, 5.41) is 0. The first-order valence-electron chi connectivity index (χ1n) is 7.67. The Kier molecular flexibility index (Phi) is 3.80. The molecule has 0 saturated carbocycles. The molecule has 0 bridgehead atoms. The van der Waals surface area contributed by atoms with E-state index < -0.39 is 0 Å². The number of aryl methyl sites for hydroxylation is 1. The molecular weight excluding hydrogens is 268 g/mol. The average molecular weight is 292 g/mol. The number of furan rings is 1. The van der Waals surface area contributed by atoms with Crippen molar-refractivity contribution in [1.82, 2.24) is 9.80 Å². The van der Waals surface area contributed by atoms with Gasteiger partial charge in [-0.3, -0.25) is 9.69 Å². The molecule has 1 amide bonds. The van der Waals surface area contributed by atoms with Crippen LogP contribution in [0, 0.1) is 6.92 Å². The van der Waals surface area contributed by atoms with Gasteiger partial charge < -0.3 is 14.1 Å². The van der Waals surface area contributed by atoms with E-state index >= 15 is 0 Å². The Morgan fingerprint density at radius 1 is 1.33 bits per heavy atom. The van der Waals surface area contributed by atoms with Gasteiger partial charge in [-0.05, 0) is 38.8 Å². The number of hydrogen-bond acceptors (Lipinski definition) is 4. The molecule has 1 unspecified atom stereocenters. The summed E-state index contributed by atoms with van der Waals surface area (Å²) >= 11 is 0. The monoisotopic (exact) mass is 292 g/mol. The van der Waals surface area contributed by atoms with Crippen LogP contribution in [0.1, 0.15) is 31.3 Å². The third-order valence-electron chi connectivity index (χ3n) is 5.10. The number of piperidine rings is 1. The second-order valence-corrected chi connectivity index (χ2v) is 6.32. The van der Waals surface area contributed by atoms with Gasteiger partial charge in [-0.1, -0.05) is 0 Å². The largest absolute Gasteiger partial charge is 0.465 e. The summed E-state index contributed by atoms with van der Waals surface area (Å²) in [4.78, 5) is 16.0. The van der Waals surface area contributed by atoms with Crippen LogP contribution in [-0.4, -0.2) is 54.1 Å². The van der Waals surface area contributed by atoms with Gasteiger partial charge >= 0.3 is 0 Å². The Morgan fingerprint density at radius 2 is 2.05 bits per heavy atom. The van der Waals surface area contributed by atoms with Crippen LogP contribution in [0.3, 0.4) is 0 Å². The molecule has 21 heavy (non-hydrogen) atoms. The Bertz CT molecular complexity index is 517. The van der Waals surface area contributed by atoms with Crippen LogP contribution in [-0.2, 0) is 16.1 Å². The zero-order valence-corrected chi connectivity index (χ0v) is 13.1. The zero-order valence-electron chi connectivity index (χ0n) is 13.1. The third-order valence-corrected chi connectivity index (χ3v) is 5.10. The lowest BCUT2D eigenvalue weighted by molar-refractivity contribution is -0.183. The van der Waals surface area contributed by atoms with Crippen LogP contribution in [0.25, 0.3) is 0 Å². The molecule has 116 valence electrons. The van der Waals surface area contributed by atoms with Crippen LogP contribution in [0.4, 0.5) is 0 Å². The van der Waals surface area contributed by atoms with Crippen LogP contribution < -0.4 is 0 Å². The molecule has 0 radical (unpaired) electrons. The number of ether oxygens (including phenoxy) is 1. The molecule has 3 rings (SSSR count). The normalized spacial score (nSPS) is 26.5. The van der Waals surface area contributed by atoms with Crippen molar-refractivity contribution in [3.63, 3.8) is 0 Å². The van der Waals surface area contributed by atoms with Gasteiger partial charge in [-0.15, -0.1) is 0 Å². The molecule has 0 N–H and O–H groups in total. The highest BCUT2D eigenvalue weighted by molar-refractivity contribution is 5.78. The lowest BCUT2D eigenvalue weighted by Crippen LogP contribution is -2.62. The van der Waals surface area contributed by atoms with E-state index in [-0.39, 0.29) is 24.2 Å². The second-order valence-electron chi connectivity index (χ2n) is 6.32.